The van der Waals surface area contributed by atoms with Gasteiger partial charge in [0.1, 0.15) is 11.9 Å². The molecule has 0 radical (unpaired) electrons. The van der Waals surface area contributed by atoms with E-state index in [-0.39, 0.29) is 5.78 Å². The van der Waals surface area contributed by atoms with E-state index in [1.165, 1.54) is 11.3 Å². The molecule has 1 heterocycles. The zero-order chi connectivity index (χ0) is 10.9. The van der Waals surface area contributed by atoms with Gasteiger partial charge in [0.2, 0.25) is 0 Å². The molecule has 1 aromatic rings. The van der Waals surface area contributed by atoms with Crippen molar-refractivity contribution in [3.05, 3.63) is 16.6 Å². The number of aliphatic hydroxyl groups excluding tert-OH is 1. The second-order valence-corrected chi connectivity index (χ2v) is 5.08. The standard InChI is InChI=1S/C11H15NO2S/c1-11(5-3-2-4-9(11)13)10(14)8-6-15-7-12-8/h6-7,10,14H,2-5H2,1H3/t10?,11-/m1/s1. The van der Waals surface area contributed by atoms with Gasteiger partial charge in [-0.15, -0.1) is 11.3 Å². The molecule has 1 unspecified atom stereocenters. The molecule has 0 aliphatic heterocycles. The first-order valence-corrected chi connectivity index (χ1v) is 6.18. The molecule has 4 heteroatoms. The maximum absolute atomic E-state index is 11.9. The minimum atomic E-state index is -0.739. The van der Waals surface area contributed by atoms with E-state index in [0.29, 0.717) is 12.1 Å². The van der Waals surface area contributed by atoms with Crippen LogP contribution in [0.25, 0.3) is 0 Å². The van der Waals surface area contributed by atoms with Crippen LogP contribution < -0.4 is 0 Å². The Balaban J connectivity index is 2.24. The van der Waals surface area contributed by atoms with Gasteiger partial charge in [-0.1, -0.05) is 6.42 Å². The summed E-state index contributed by atoms with van der Waals surface area (Å²) in [5, 5.41) is 12.0. The Morgan fingerprint density at radius 1 is 1.60 bits per heavy atom. The molecule has 1 aromatic heterocycles. The van der Waals surface area contributed by atoms with Crippen LogP contribution in [0.15, 0.2) is 10.9 Å². The molecule has 0 saturated heterocycles. The highest BCUT2D eigenvalue weighted by molar-refractivity contribution is 7.07. The molecule has 1 N–H and O–H groups in total. The van der Waals surface area contributed by atoms with Crippen molar-refractivity contribution in [2.75, 3.05) is 0 Å². The molecule has 1 aliphatic carbocycles. The molecule has 0 bridgehead atoms. The molecule has 1 saturated carbocycles. The Hall–Kier alpha value is -0.740. The predicted molar refractivity (Wildman–Crippen MR) is 58.7 cm³/mol. The molecule has 2 rings (SSSR count). The summed E-state index contributed by atoms with van der Waals surface area (Å²) in [5.74, 6) is 0.175. The number of Topliss-reactive ketones (excluding diaryl/α,β-unsaturated/α-hetero) is 1. The first-order valence-electron chi connectivity index (χ1n) is 5.24. The van der Waals surface area contributed by atoms with Gasteiger partial charge < -0.3 is 5.11 Å². The summed E-state index contributed by atoms with van der Waals surface area (Å²) in [5.41, 5.74) is 1.71. The average molecular weight is 225 g/mol. The summed E-state index contributed by atoms with van der Waals surface area (Å²) in [7, 11) is 0. The van der Waals surface area contributed by atoms with E-state index in [4.69, 9.17) is 0 Å². The van der Waals surface area contributed by atoms with Crippen molar-refractivity contribution < 1.29 is 9.90 Å². The Bertz CT molecular complexity index is 349. The number of aromatic nitrogens is 1. The molecule has 2 atom stereocenters. The van der Waals surface area contributed by atoms with Gasteiger partial charge in [0.25, 0.3) is 0 Å². The van der Waals surface area contributed by atoms with E-state index in [9.17, 15) is 9.90 Å². The molecule has 3 nitrogen and oxygen atoms in total. The van der Waals surface area contributed by atoms with Crippen molar-refractivity contribution in [3.63, 3.8) is 0 Å². The van der Waals surface area contributed by atoms with Crippen LogP contribution >= 0.6 is 11.3 Å². The van der Waals surface area contributed by atoms with Crippen LogP contribution in [0.3, 0.4) is 0 Å². The average Bonchev–Trinajstić information content (AvgIpc) is 2.74. The number of ketones is 1. The van der Waals surface area contributed by atoms with Crippen molar-refractivity contribution in [3.8, 4) is 0 Å². The zero-order valence-corrected chi connectivity index (χ0v) is 9.59. The van der Waals surface area contributed by atoms with Crippen LogP contribution in [0.5, 0.6) is 0 Å². The lowest BCUT2D eigenvalue weighted by Gasteiger charge is -2.35. The third kappa shape index (κ3) is 1.84. The maximum atomic E-state index is 11.9. The summed E-state index contributed by atoms with van der Waals surface area (Å²) in [6.45, 7) is 1.86. The van der Waals surface area contributed by atoms with Gasteiger partial charge in [0, 0.05) is 11.8 Å². The molecule has 15 heavy (non-hydrogen) atoms. The first kappa shape index (κ1) is 10.8. The summed E-state index contributed by atoms with van der Waals surface area (Å²) < 4.78 is 0. The molecular weight excluding hydrogens is 210 g/mol. The Labute approximate surface area is 93.2 Å². The van der Waals surface area contributed by atoms with Gasteiger partial charge in [-0.05, 0) is 19.8 Å². The molecule has 1 aliphatic rings. The fraction of sp³-hybridized carbons (Fsp3) is 0.636. The van der Waals surface area contributed by atoms with Gasteiger partial charge in [0.15, 0.2) is 0 Å². The van der Waals surface area contributed by atoms with Crippen LogP contribution in [0.2, 0.25) is 0 Å². The van der Waals surface area contributed by atoms with Crippen molar-refractivity contribution >= 4 is 17.1 Å². The van der Waals surface area contributed by atoms with Crippen molar-refractivity contribution in [1.29, 1.82) is 0 Å². The fourth-order valence-electron chi connectivity index (χ4n) is 2.18. The summed E-state index contributed by atoms with van der Waals surface area (Å²) in [6, 6.07) is 0. The monoisotopic (exact) mass is 225 g/mol. The highest BCUT2D eigenvalue weighted by Gasteiger charge is 2.42. The highest BCUT2D eigenvalue weighted by atomic mass is 32.1. The lowest BCUT2D eigenvalue weighted by atomic mass is 9.70. The van der Waals surface area contributed by atoms with E-state index in [2.05, 4.69) is 4.98 Å². The lowest BCUT2D eigenvalue weighted by molar-refractivity contribution is -0.138. The van der Waals surface area contributed by atoms with E-state index in [1.807, 2.05) is 12.3 Å². The minimum absolute atomic E-state index is 0.175. The SMILES string of the molecule is C[C@@]1(C(O)c2cscn2)CCCCC1=O. The number of nitrogens with zero attached hydrogens (tertiary/aromatic N) is 1. The van der Waals surface area contributed by atoms with Crippen LogP contribution in [0, 0.1) is 5.41 Å². The van der Waals surface area contributed by atoms with Crippen molar-refractivity contribution in [2.45, 2.75) is 38.7 Å². The fourth-order valence-corrected chi connectivity index (χ4v) is 2.75. The van der Waals surface area contributed by atoms with Gasteiger partial charge in [-0.3, -0.25) is 4.79 Å². The first-order chi connectivity index (χ1) is 7.14. The number of hydrogen-bond donors (Lipinski definition) is 1. The third-order valence-corrected chi connectivity index (χ3v) is 3.93. The number of carbonyl (C=O) groups excluding carboxylic acids is 1. The summed E-state index contributed by atoms with van der Waals surface area (Å²) in [6.07, 6.45) is 2.60. The predicted octanol–water partition coefficient (Wildman–Crippen LogP) is 2.33. The van der Waals surface area contributed by atoms with Gasteiger partial charge >= 0.3 is 0 Å². The van der Waals surface area contributed by atoms with Crippen LogP contribution in [0.4, 0.5) is 0 Å². The topological polar surface area (TPSA) is 50.2 Å². The van der Waals surface area contributed by atoms with E-state index in [1.54, 1.807) is 5.51 Å². The molecule has 82 valence electrons. The van der Waals surface area contributed by atoms with Crippen molar-refractivity contribution in [2.24, 2.45) is 5.41 Å². The normalized spacial score (nSPS) is 29.1. The highest BCUT2D eigenvalue weighted by Crippen LogP contribution is 2.42. The van der Waals surface area contributed by atoms with Crippen molar-refractivity contribution in [1.82, 2.24) is 4.98 Å². The van der Waals surface area contributed by atoms with Gasteiger partial charge in [-0.2, -0.15) is 0 Å². The van der Waals surface area contributed by atoms with E-state index >= 15 is 0 Å². The molecule has 1 fully saturated rings. The number of rotatable bonds is 2. The van der Waals surface area contributed by atoms with E-state index < -0.39 is 11.5 Å². The Kier molecular flexibility index (Phi) is 2.89. The Morgan fingerprint density at radius 3 is 3.00 bits per heavy atom. The number of carbonyl (C=O) groups is 1. The largest absolute Gasteiger partial charge is 0.386 e. The number of aliphatic hydroxyl groups is 1. The van der Waals surface area contributed by atoms with Crippen LogP contribution in [-0.4, -0.2) is 15.9 Å². The quantitative estimate of drug-likeness (QED) is 0.840. The molecular formula is C11H15NO2S. The molecule has 0 spiro atoms. The lowest BCUT2D eigenvalue weighted by Crippen LogP contribution is -2.37. The Morgan fingerprint density at radius 2 is 2.40 bits per heavy atom. The van der Waals surface area contributed by atoms with E-state index in [0.717, 1.165) is 19.3 Å². The summed E-state index contributed by atoms with van der Waals surface area (Å²) >= 11 is 1.45. The third-order valence-electron chi connectivity index (χ3n) is 3.32. The smallest absolute Gasteiger partial charge is 0.141 e. The number of hydrogen-bond acceptors (Lipinski definition) is 4. The summed E-state index contributed by atoms with van der Waals surface area (Å²) in [4.78, 5) is 16.0. The second-order valence-electron chi connectivity index (χ2n) is 4.36. The van der Waals surface area contributed by atoms with Gasteiger partial charge in [-0.25, -0.2) is 4.98 Å². The van der Waals surface area contributed by atoms with Crippen LogP contribution in [-0.2, 0) is 4.79 Å². The maximum Gasteiger partial charge on any atom is 0.141 e. The molecule has 0 amide bonds. The zero-order valence-electron chi connectivity index (χ0n) is 8.77. The number of thiazole rings is 1. The molecule has 0 aromatic carbocycles. The minimum Gasteiger partial charge on any atom is -0.386 e. The van der Waals surface area contributed by atoms with Crippen LogP contribution in [0.1, 0.15) is 44.4 Å². The second kappa shape index (κ2) is 4.02. The van der Waals surface area contributed by atoms with Gasteiger partial charge in [0.05, 0.1) is 16.6 Å².